The van der Waals surface area contributed by atoms with Gasteiger partial charge in [-0.05, 0) is 56.0 Å². The van der Waals surface area contributed by atoms with Crippen molar-refractivity contribution in [1.29, 1.82) is 0 Å². The van der Waals surface area contributed by atoms with E-state index in [1.165, 1.54) is 7.11 Å². The number of carbonyl (C=O) groups is 2. The Morgan fingerprint density at radius 1 is 1.00 bits per heavy atom. The van der Waals surface area contributed by atoms with Gasteiger partial charge >= 0.3 is 12.1 Å². The molecule has 0 radical (unpaired) electrons. The quantitative estimate of drug-likeness (QED) is 0.331. The summed E-state index contributed by atoms with van der Waals surface area (Å²) in [7, 11) is 1.33. The summed E-state index contributed by atoms with van der Waals surface area (Å²) in [6, 6.07) is 22.2. The van der Waals surface area contributed by atoms with Gasteiger partial charge in [-0.3, -0.25) is 0 Å². The van der Waals surface area contributed by atoms with Crippen molar-refractivity contribution in [2.24, 2.45) is 0 Å². The number of aliphatic hydroxyl groups excluding tert-OH is 1. The lowest BCUT2D eigenvalue weighted by molar-refractivity contribution is 0.0147. The molecule has 1 atom stereocenters. The van der Waals surface area contributed by atoms with E-state index >= 15 is 0 Å². The second-order valence-corrected chi connectivity index (χ2v) is 9.59. The Kier molecular flexibility index (Phi) is 8.72. The number of anilines is 1. The predicted molar refractivity (Wildman–Crippen MR) is 141 cm³/mol. The zero-order valence-electron chi connectivity index (χ0n) is 21.2. The van der Waals surface area contributed by atoms with Crippen molar-refractivity contribution in [2.45, 2.75) is 38.9 Å². The van der Waals surface area contributed by atoms with E-state index in [0.29, 0.717) is 24.2 Å². The monoisotopic (exact) mass is 490 g/mol. The predicted octanol–water partition coefficient (Wildman–Crippen LogP) is 5.24. The first-order valence-corrected chi connectivity index (χ1v) is 11.9. The van der Waals surface area contributed by atoms with Gasteiger partial charge in [0.15, 0.2) is 0 Å². The number of hydrogen-bond acceptors (Lipinski definition) is 6. The molecule has 3 aromatic rings. The highest BCUT2D eigenvalue weighted by Gasteiger charge is 2.24. The van der Waals surface area contributed by atoms with Crippen LogP contribution in [0.5, 0.6) is 0 Å². The Labute approximate surface area is 212 Å². The van der Waals surface area contributed by atoms with Crippen molar-refractivity contribution >= 4 is 17.7 Å². The standard InChI is InChI=1S/C29H34N2O5/c1-29(2,3)36-28(34)31(19-26(32)22-8-6-5-7-9-22)17-16-20-10-12-21(13-11-20)24-15-14-23(18-25(24)30)27(33)35-4/h5-15,18,26,32H,16-17,19,30H2,1-4H3/t26-/m1/s1. The van der Waals surface area contributed by atoms with Crippen molar-refractivity contribution in [3.63, 3.8) is 0 Å². The Morgan fingerprint density at radius 2 is 1.67 bits per heavy atom. The summed E-state index contributed by atoms with van der Waals surface area (Å²) in [6.07, 6.45) is -0.706. The zero-order valence-corrected chi connectivity index (χ0v) is 21.2. The van der Waals surface area contributed by atoms with Gasteiger partial charge in [0.25, 0.3) is 0 Å². The number of amides is 1. The highest BCUT2D eigenvalue weighted by atomic mass is 16.6. The molecule has 0 fully saturated rings. The number of nitrogen functional groups attached to an aromatic ring is 1. The second-order valence-electron chi connectivity index (χ2n) is 9.59. The van der Waals surface area contributed by atoms with E-state index in [0.717, 1.165) is 22.3 Å². The number of nitrogens with zero attached hydrogens (tertiary/aromatic N) is 1. The fourth-order valence-corrected chi connectivity index (χ4v) is 3.76. The molecule has 3 rings (SSSR count). The smallest absolute Gasteiger partial charge is 0.410 e. The van der Waals surface area contributed by atoms with Gasteiger partial charge in [0, 0.05) is 17.8 Å². The van der Waals surface area contributed by atoms with Crippen LogP contribution in [-0.4, -0.2) is 47.9 Å². The van der Waals surface area contributed by atoms with Gasteiger partial charge < -0.3 is 25.2 Å². The highest BCUT2D eigenvalue weighted by Crippen LogP contribution is 2.27. The van der Waals surface area contributed by atoms with Crippen molar-refractivity contribution in [2.75, 3.05) is 25.9 Å². The van der Waals surface area contributed by atoms with Gasteiger partial charge in [-0.2, -0.15) is 0 Å². The molecule has 1 amide bonds. The maximum Gasteiger partial charge on any atom is 0.410 e. The Morgan fingerprint density at radius 3 is 2.25 bits per heavy atom. The fourth-order valence-electron chi connectivity index (χ4n) is 3.76. The minimum absolute atomic E-state index is 0.125. The van der Waals surface area contributed by atoms with E-state index in [1.54, 1.807) is 23.1 Å². The molecule has 36 heavy (non-hydrogen) atoms. The molecular formula is C29H34N2O5. The van der Waals surface area contributed by atoms with E-state index in [4.69, 9.17) is 15.2 Å². The third-order valence-corrected chi connectivity index (χ3v) is 5.64. The topological polar surface area (TPSA) is 102 Å². The van der Waals surface area contributed by atoms with Crippen LogP contribution in [0.1, 0.15) is 48.4 Å². The van der Waals surface area contributed by atoms with E-state index in [-0.39, 0.29) is 6.54 Å². The molecule has 0 bridgehead atoms. The molecule has 3 aromatic carbocycles. The molecule has 0 aliphatic carbocycles. The Balaban J connectivity index is 1.71. The van der Waals surface area contributed by atoms with Gasteiger partial charge in [0.1, 0.15) is 5.60 Å². The lowest BCUT2D eigenvalue weighted by Crippen LogP contribution is -2.40. The molecule has 7 nitrogen and oxygen atoms in total. The summed E-state index contributed by atoms with van der Waals surface area (Å²) in [5.74, 6) is -0.435. The van der Waals surface area contributed by atoms with Crippen LogP contribution in [-0.2, 0) is 15.9 Å². The maximum absolute atomic E-state index is 12.9. The Bertz CT molecular complexity index is 1170. The molecule has 0 aliphatic heterocycles. The molecule has 0 heterocycles. The van der Waals surface area contributed by atoms with Crippen molar-refractivity contribution in [3.05, 3.63) is 89.5 Å². The van der Waals surface area contributed by atoms with Crippen LogP contribution in [0.15, 0.2) is 72.8 Å². The van der Waals surface area contributed by atoms with Crippen LogP contribution in [0.3, 0.4) is 0 Å². The normalized spacial score (nSPS) is 12.0. The summed E-state index contributed by atoms with van der Waals surface area (Å²) >= 11 is 0. The summed E-state index contributed by atoms with van der Waals surface area (Å²) < 4.78 is 10.3. The number of nitrogens with two attached hydrogens (primary N) is 1. The van der Waals surface area contributed by atoms with E-state index in [9.17, 15) is 14.7 Å². The number of esters is 1. The minimum Gasteiger partial charge on any atom is -0.465 e. The first kappa shape index (κ1) is 26.8. The van der Waals surface area contributed by atoms with E-state index < -0.39 is 23.8 Å². The molecule has 0 saturated heterocycles. The SMILES string of the molecule is COC(=O)c1ccc(-c2ccc(CCN(C[C@@H](O)c3ccccc3)C(=O)OC(C)(C)C)cc2)c(N)c1. The van der Waals surface area contributed by atoms with E-state index in [1.807, 2.05) is 75.4 Å². The number of aliphatic hydroxyl groups is 1. The lowest BCUT2D eigenvalue weighted by atomic mass is 9.99. The van der Waals surface area contributed by atoms with Crippen molar-refractivity contribution < 1.29 is 24.2 Å². The maximum atomic E-state index is 12.9. The van der Waals surface area contributed by atoms with Gasteiger partial charge in [0.2, 0.25) is 0 Å². The van der Waals surface area contributed by atoms with E-state index in [2.05, 4.69) is 0 Å². The number of ether oxygens (including phenoxy) is 2. The van der Waals surface area contributed by atoms with Crippen LogP contribution in [0.2, 0.25) is 0 Å². The highest BCUT2D eigenvalue weighted by molar-refractivity contribution is 5.92. The molecule has 0 unspecified atom stereocenters. The summed E-state index contributed by atoms with van der Waals surface area (Å²) in [6.45, 7) is 5.96. The molecule has 190 valence electrons. The van der Waals surface area contributed by atoms with Crippen molar-refractivity contribution in [1.82, 2.24) is 4.90 Å². The number of hydrogen-bond donors (Lipinski definition) is 2. The molecule has 0 aromatic heterocycles. The van der Waals surface area contributed by atoms with Crippen LogP contribution in [0, 0.1) is 0 Å². The fraction of sp³-hybridized carbons (Fsp3) is 0.310. The number of methoxy groups -OCH3 is 1. The van der Waals surface area contributed by atoms with Gasteiger partial charge in [-0.1, -0.05) is 60.7 Å². The second kappa shape index (κ2) is 11.7. The zero-order chi connectivity index (χ0) is 26.3. The summed E-state index contributed by atoms with van der Waals surface area (Å²) in [5, 5.41) is 10.7. The van der Waals surface area contributed by atoms with Gasteiger partial charge in [-0.25, -0.2) is 9.59 Å². The van der Waals surface area contributed by atoms with Crippen molar-refractivity contribution in [3.8, 4) is 11.1 Å². The average molecular weight is 491 g/mol. The summed E-state index contributed by atoms with van der Waals surface area (Å²) in [4.78, 5) is 26.1. The molecule has 0 saturated carbocycles. The molecule has 7 heteroatoms. The van der Waals surface area contributed by atoms with Crippen LogP contribution in [0.25, 0.3) is 11.1 Å². The molecular weight excluding hydrogens is 456 g/mol. The van der Waals surface area contributed by atoms with Crippen LogP contribution < -0.4 is 5.73 Å². The molecule has 0 spiro atoms. The first-order valence-electron chi connectivity index (χ1n) is 11.9. The number of benzene rings is 3. The number of carbonyl (C=O) groups excluding carboxylic acids is 2. The minimum atomic E-state index is -0.822. The average Bonchev–Trinajstić information content (AvgIpc) is 2.85. The molecule has 3 N–H and O–H groups in total. The van der Waals surface area contributed by atoms with Crippen LogP contribution in [0.4, 0.5) is 10.5 Å². The van der Waals surface area contributed by atoms with Gasteiger partial charge in [0.05, 0.1) is 25.3 Å². The third-order valence-electron chi connectivity index (χ3n) is 5.64. The summed E-state index contributed by atoms with van der Waals surface area (Å²) in [5.41, 5.74) is 9.90. The lowest BCUT2D eigenvalue weighted by Gasteiger charge is -2.29. The largest absolute Gasteiger partial charge is 0.465 e. The third kappa shape index (κ3) is 7.33. The van der Waals surface area contributed by atoms with Crippen LogP contribution >= 0.6 is 0 Å². The molecule has 0 aliphatic rings. The Hall–Kier alpha value is -3.84. The first-order chi connectivity index (χ1) is 17.1. The van der Waals surface area contributed by atoms with Gasteiger partial charge in [-0.15, -0.1) is 0 Å². The number of rotatable bonds is 8.